The first-order chi connectivity index (χ1) is 17.6. The van der Waals surface area contributed by atoms with Crippen LogP contribution in [-0.2, 0) is 46.4 Å². The number of carbonyl (C=O) groups excluding carboxylic acids is 1. The molecule has 1 aromatic carbocycles. The third kappa shape index (κ3) is 6.89. The molecule has 2 aromatic heterocycles. The van der Waals surface area contributed by atoms with Crippen molar-refractivity contribution in [2.24, 2.45) is 5.73 Å². The Hall–Kier alpha value is -3.84. The summed E-state index contributed by atoms with van der Waals surface area (Å²) in [4.78, 5) is 28.5. The van der Waals surface area contributed by atoms with Crippen molar-refractivity contribution in [2.45, 2.75) is 44.0 Å². The highest BCUT2D eigenvalue weighted by atomic mass is 32.2. The number of nitrogens with one attached hydrogen (secondary N) is 2. The third-order valence-corrected chi connectivity index (χ3v) is 7.30. The van der Waals surface area contributed by atoms with E-state index in [0.717, 1.165) is 48.6 Å². The number of nitrogens with zero attached hydrogens (tertiary/aromatic N) is 3. The summed E-state index contributed by atoms with van der Waals surface area (Å²) in [7, 11) is -4.11. The fraction of sp³-hybridized carbons (Fsp3) is 0.333. The van der Waals surface area contributed by atoms with Crippen molar-refractivity contribution in [2.75, 3.05) is 11.9 Å². The van der Waals surface area contributed by atoms with Crippen LogP contribution in [0.5, 0.6) is 0 Å². The van der Waals surface area contributed by atoms with Gasteiger partial charge < -0.3 is 16.2 Å². The number of halogens is 1. The molecular weight excluding hydrogens is 503 g/mol. The van der Waals surface area contributed by atoms with E-state index >= 15 is 0 Å². The number of aromatic nitrogens is 3. The number of carbonyl (C=O) groups is 2. The quantitative estimate of drug-likeness (QED) is 0.287. The van der Waals surface area contributed by atoms with E-state index in [1.165, 1.54) is 23.0 Å². The molecule has 1 atom stereocenters. The molecule has 0 spiro atoms. The number of primary amides is 1. The lowest BCUT2D eigenvalue weighted by molar-refractivity contribution is -0.138. The Bertz CT molecular complexity index is 1410. The highest BCUT2D eigenvalue weighted by molar-refractivity contribution is 7.88. The Morgan fingerprint density at radius 1 is 1.22 bits per heavy atom. The number of benzene rings is 1. The Morgan fingerprint density at radius 3 is 2.68 bits per heavy atom. The number of anilines is 1. The summed E-state index contributed by atoms with van der Waals surface area (Å²) in [5, 5.41) is 17.2. The van der Waals surface area contributed by atoms with Gasteiger partial charge in [-0.15, -0.1) is 0 Å². The Kier molecular flexibility index (Phi) is 7.83. The predicted molar refractivity (Wildman–Crippen MR) is 133 cm³/mol. The maximum Gasteiger partial charge on any atom is 0.322 e. The summed E-state index contributed by atoms with van der Waals surface area (Å²) in [5.74, 6) is -2.46. The number of rotatable bonds is 11. The van der Waals surface area contributed by atoms with Gasteiger partial charge >= 0.3 is 5.97 Å². The number of hydrogen-bond acceptors (Lipinski definition) is 7. The van der Waals surface area contributed by atoms with Crippen LogP contribution in [0.3, 0.4) is 0 Å². The van der Waals surface area contributed by atoms with Gasteiger partial charge in [0, 0.05) is 37.8 Å². The second-order valence-electron chi connectivity index (χ2n) is 8.81. The second-order valence-corrected chi connectivity index (χ2v) is 10.6. The number of hydrogen-bond donors (Lipinski definition) is 4. The van der Waals surface area contributed by atoms with Gasteiger partial charge in [-0.1, -0.05) is 18.2 Å². The van der Waals surface area contributed by atoms with Crippen LogP contribution in [0.2, 0.25) is 0 Å². The summed E-state index contributed by atoms with van der Waals surface area (Å²) < 4.78 is 41.9. The molecule has 5 N–H and O–H groups in total. The normalized spacial score (nSPS) is 14.0. The van der Waals surface area contributed by atoms with Gasteiger partial charge in [0.05, 0.1) is 17.0 Å². The van der Waals surface area contributed by atoms with E-state index in [9.17, 15) is 27.5 Å². The first-order valence-electron chi connectivity index (χ1n) is 11.7. The maximum atomic E-state index is 13.1. The van der Waals surface area contributed by atoms with Gasteiger partial charge in [0.25, 0.3) is 5.91 Å². The zero-order valence-corrected chi connectivity index (χ0v) is 20.7. The first kappa shape index (κ1) is 26.2. The zero-order valence-electron chi connectivity index (χ0n) is 19.9. The first-order valence-corrected chi connectivity index (χ1v) is 13.3. The maximum absolute atomic E-state index is 13.1. The van der Waals surface area contributed by atoms with Crippen LogP contribution in [0.25, 0.3) is 0 Å². The summed E-state index contributed by atoms with van der Waals surface area (Å²) in [5.41, 5.74) is 7.81. The lowest BCUT2D eigenvalue weighted by Crippen LogP contribution is -2.43. The number of aryl methyl sites for hydroxylation is 3. The number of pyridine rings is 1. The largest absolute Gasteiger partial charge is 0.480 e. The van der Waals surface area contributed by atoms with E-state index < -0.39 is 45.9 Å². The molecule has 1 aliphatic heterocycles. The monoisotopic (exact) mass is 530 g/mol. The predicted octanol–water partition coefficient (Wildman–Crippen LogP) is 1.23. The summed E-state index contributed by atoms with van der Waals surface area (Å²) >= 11 is 0. The Morgan fingerprint density at radius 2 is 1.97 bits per heavy atom. The summed E-state index contributed by atoms with van der Waals surface area (Å²) in [6, 6.07) is 7.18. The molecular formula is C24H27FN6O5S. The number of nitrogens with two attached hydrogens (primary N) is 1. The average molecular weight is 531 g/mol. The standard InChI is InChI=1S/C24H27FN6O5S/c25-17-6-3-15(4-7-17)14-37(35,36)30-21(24(33)34)12-20-19(22(26)32)13-31(29-20)11-9-18-8-5-16-2-1-10-27-23(16)28-18/h3-8,13,21,30H,1-2,9-12,14H2,(H2,26,32)(H,27,28)(H,33,34)/t21-/m0/s1. The van der Waals surface area contributed by atoms with Gasteiger partial charge in [-0.25, -0.2) is 22.5 Å². The molecule has 196 valence electrons. The SMILES string of the molecule is NC(=O)c1cn(CCc2ccc3c(n2)NCCC3)nc1C[C@H](NS(=O)(=O)Cc1ccc(F)cc1)C(=O)O. The third-order valence-electron chi connectivity index (χ3n) is 5.94. The molecule has 1 aliphatic rings. The van der Waals surface area contributed by atoms with Crippen molar-refractivity contribution in [1.82, 2.24) is 19.5 Å². The van der Waals surface area contributed by atoms with Crippen molar-refractivity contribution in [3.05, 3.63) is 76.5 Å². The van der Waals surface area contributed by atoms with Crippen molar-refractivity contribution < 1.29 is 27.5 Å². The molecule has 0 aliphatic carbocycles. The molecule has 0 saturated carbocycles. The topological polar surface area (TPSA) is 169 Å². The minimum absolute atomic E-state index is 0.00375. The van der Waals surface area contributed by atoms with Crippen molar-refractivity contribution in [3.63, 3.8) is 0 Å². The van der Waals surface area contributed by atoms with E-state index in [1.807, 2.05) is 12.1 Å². The van der Waals surface area contributed by atoms with E-state index in [-0.39, 0.29) is 16.8 Å². The van der Waals surface area contributed by atoms with E-state index in [2.05, 4.69) is 20.1 Å². The van der Waals surface area contributed by atoms with Crippen LogP contribution in [-0.4, -0.2) is 52.8 Å². The molecule has 11 nitrogen and oxygen atoms in total. The number of carboxylic acids is 1. The van der Waals surface area contributed by atoms with Crippen LogP contribution in [0.1, 0.15) is 39.3 Å². The summed E-state index contributed by atoms with van der Waals surface area (Å²) in [6.07, 6.45) is 3.55. The highest BCUT2D eigenvalue weighted by Gasteiger charge is 2.28. The Labute approximate surface area is 212 Å². The number of sulfonamides is 1. The number of aliphatic carboxylic acids is 1. The molecule has 0 bridgehead atoms. The van der Waals surface area contributed by atoms with Crippen LogP contribution < -0.4 is 15.8 Å². The van der Waals surface area contributed by atoms with Crippen LogP contribution in [0.15, 0.2) is 42.6 Å². The van der Waals surface area contributed by atoms with E-state index in [1.54, 1.807) is 0 Å². The van der Waals surface area contributed by atoms with Crippen molar-refractivity contribution in [1.29, 1.82) is 0 Å². The van der Waals surface area contributed by atoms with Crippen molar-refractivity contribution in [3.8, 4) is 0 Å². The van der Waals surface area contributed by atoms with Crippen LogP contribution in [0, 0.1) is 5.82 Å². The number of carboxylic acid groups (broad SMARTS) is 1. The van der Waals surface area contributed by atoms with Crippen LogP contribution in [0.4, 0.5) is 10.2 Å². The second kappa shape index (κ2) is 11.0. The van der Waals surface area contributed by atoms with E-state index in [0.29, 0.717) is 13.0 Å². The molecule has 13 heteroatoms. The van der Waals surface area contributed by atoms with Gasteiger partial charge in [0.2, 0.25) is 10.0 Å². The van der Waals surface area contributed by atoms with Gasteiger partial charge in [0.1, 0.15) is 17.7 Å². The fourth-order valence-electron chi connectivity index (χ4n) is 4.10. The fourth-order valence-corrected chi connectivity index (χ4v) is 5.43. The van der Waals surface area contributed by atoms with Gasteiger partial charge in [0.15, 0.2) is 0 Å². The molecule has 37 heavy (non-hydrogen) atoms. The molecule has 0 saturated heterocycles. The molecule has 0 radical (unpaired) electrons. The highest BCUT2D eigenvalue weighted by Crippen LogP contribution is 2.20. The Balaban J connectivity index is 1.46. The van der Waals surface area contributed by atoms with Gasteiger partial charge in [-0.2, -0.15) is 5.10 Å². The number of fused-ring (bicyclic) bond motifs is 1. The molecule has 1 amide bonds. The lowest BCUT2D eigenvalue weighted by Gasteiger charge is -2.17. The van der Waals surface area contributed by atoms with Gasteiger partial charge in [-0.3, -0.25) is 14.3 Å². The van der Waals surface area contributed by atoms with E-state index in [4.69, 9.17) is 5.73 Å². The molecule has 0 unspecified atom stereocenters. The molecule has 3 aromatic rings. The summed E-state index contributed by atoms with van der Waals surface area (Å²) in [6.45, 7) is 1.21. The smallest absolute Gasteiger partial charge is 0.322 e. The number of amides is 1. The van der Waals surface area contributed by atoms with Crippen LogP contribution >= 0.6 is 0 Å². The molecule has 0 fully saturated rings. The zero-order chi connectivity index (χ0) is 26.6. The minimum Gasteiger partial charge on any atom is -0.480 e. The van der Waals surface area contributed by atoms with Crippen molar-refractivity contribution >= 4 is 27.7 Å². The lowest BCUT2D eigenvalue weighted by atomic mass is 10.1. The molecule has 3 heterocycles. The minimum atomic E-state index is -4.11. The molecule has 4 rings (SSSR count). The van der Waals surface area contributed by atoms with Gasteiger partial charge in [-0.05, 0) is 42.2 Å². The average Bonchev–Trinajstić information content (AvgIpc) is 3.26.